The Bertz CT molecular complexity index is 1090. The average Bonchev–Trinajstić information content (AvgIpc) is 2.73. The van der Waals surface area contributed by atoms with Crippen LogP contribution in [0.4, 0.5) is 5.69 Å². The number of nitrogens with one attached hydrogen (secondary N) is 1. The molecule has 0 amide bonds. The van der Waals surface area contributed by atoms with Crippen molar-refractivity contribution in [2.75, 3.05) is 11.9 Å². The lowest BCUT2D eigenvalue weighted by Gasteiger charge is -2.16. The molecule has 0 radical (unpaired) electrons. The zero-order valence-electron chi connectivity index (χ0n) is 16.6. The molecule has 0 spiro atoms. The first-order valence-corrected chi connectivity index (χ1v) is 11.0. The Morgan fingerprint density at radius 3 is 2.55 bits per heavy atom. The number of ether oxygens (including phenoxy) is 2. The molecule has 0 aromatic heterocycles. The summed E-state index contributed by atoms with van der Waals surface area (Å²) >= 11 is 15.7. The first-order chi connectivity index (χ1) is 14.9. The van der Waals surface area contributed by atoms with Gasteiger partial charge < -0.3 is 19.9 Å². The fourth-order valence-electron chi connectivity index (χ4n) is 2.90. The Morgan fingerprint density at radius 2 is 1.84 bits per heavy atom. The van der Waals surface area contributed by atoms with Crippen molar-refractivity contribution in [3.63, 3.8) is 0 Å². The lowest BCUT2D eigenvalue weighted by atomic mass is 10.1. The fraction of sp³-hybridized carbons (Fsp3) is 0.174. The van der Waals surface area contributed by atoms with E-state index < -0.39 is 5.97 Å². The van der Waals surface area contributed by atoms with Crippen LogP contribution in [0.25, 0.3) is 0 Å². The van der Waals surface area contributed by atoms with Gasteiger partial charge in [-0.2, -0.15) is 0 Å². The molecular formula is C23H20BrCl2NO4. The van der Waals surface area contributed by atoms with E-state index in [0.717, 1.165) is 15.6 Å². The third-order valence-electron chi connectivity index (χ3n) is 4.39. The number of benzene rings is 3. The number of rotatable bonds is 9. The number of carbonyl (C=O) groups is 1. The molecule has 0 bridgehead atoms. The summed E-state index contributed by atoms with van der Waals surface area (Å²) in [5.41, 5.74) is 2.49. The molecule has 0 unspecified atom stereocenters. The van der Waals surface area contributed by atoms with Crippen LogP contribution in [-0.2, 0) is 13.2 Å². The zero-order valence-corrected chi connectivity index (χ0v) is 19.7. The summed E-state index contributed by atoms with van der Waals surface area (Å²) in [6, 6.07) is 16.1. The lowest BCUT2D eigenvalue weighted by Crippen LogP contribution is -2.05. The molecule has 3 aromatic carbocycles. The normalized spacial score (nSPS) is 10.6. The predicted molar refractivity (Wildman–Crippen MR) is 127 cm³/mol. The Balaban J connectivity index is 1.77. The van der Waals surface area contributed by atoms with Crippen LogP contribution in [0.5, 0.6) is 11.5 Å². The van der Waals surface area contributed by atoms with Gasteiger partial charge in [-0.25, -0.2) is 4.79 Å². The van der Waals surface area contributed by atoms with Crippen molar-refractivity contribution in [1.29, 1.82) is 0 Å². The van der Waals surface area contributed by atoms with Gasteiger partial charge in [0.25, 0.3) is 0 Å². The molecule has 0 heterocycles. The van der Waals surface area contributed by atoms with Gasteiger partial charge in [0.1, 0.15) is 6.61 Å². The Labute approximate surface area is 199 Å². The molecule has 2 N–H and O–H groups in total. The number of carboxylic acids is 1. The highest BCUT2D eigenvalue weighted by Crippen LogP contribution is 2.38. The van der Waals surface area contributed by atoms with E-state index in [1.807, 2.05) is 43.3 Å². The predicted octanol–water partition coefficient (Wildman–Crippen LogP) is 7.04. The molecule has 3 rings (SSSR count). The molecule has 0 saturated heterocycles. The van der Waals surface area contributed by atoms with E-state index >= 15 is 0 Å². The van der Waals surface area contributed by atoms with Crippen molar-refractivity contribution < 1.29 is 19.4 Å². The van der Waals surface area contributed by atoms with Gasteiger partial charge in [0.2, 0.25) is 0 Å². The minimum Gasteiger partial charge on any atom is -0.490 e. The Hall–Kier alpha value is -2.41. The minimum atomic E-state index is -1.07. The SMILES string of the molecule is CCOc1cc(CNc2ccc(Cl)c(C(=O)O)c2)cc(Br)c1OCc1ccccc1Cl. The van der Waals surface area contributed by atoms with Crippen molar-refractivity contribution in [3.05, 3.63) is 85.8 Å². The summed E-state index contributed by atoms with van der Waals surface area (Å²) in [5, 5.41) is 13.3. The van der Waals surface area contributed by atoms with Crippen LogP contribution in [0, 0.1) is 0 Å². The van der Waals surface area contributed by atoms with Crippen LogP contribution >= 0.6 is 39.1 Å². The molecule has 8 heteroatoms. The van der Waals surface area contributed by atoms with Crippen molar-refractivity contribution in [2.24, 2.45) is 0 Å². The number of hydrogen-bond acceptors (Lipinski definition) is 4. The van der Waals surface area contributed by atoms with E-state index in [1.165, 1.54) is 6.07 Å². The largest absolute Gasteiger partial charge is 0.490 e. The lowest BCUT2D eigenvalue weighted by molar-refractivity contribution is 0.0697. The van der Waals surface area contributed by atoms with Gasteiger partial charge in [-0.15, -0.1) is 0 Å². The maximum atomic E-state index is 11.3. The number of hydrogen-bond donors (Lipinski definition) is 2. The van der Waals surface area contributed by atoms with Gasteiger partial charge in [-0.1, -0.05) is 41.4 Å². The van der Waals surface area contributed by atoms with Crippen molar-refractivity contribution in [1.82, 2.24) is 0 Å². The van der Waals surface area contributed by atoms with Crippen LogP contribution in [0.3, 0.4) is 0 Å². The summed E-state index contributed by atoms with van der Waals surface area (Å²) in [5.74, 6) is 0.114. The standard InChI is InChI=1S/C23H20BrCl2NO4/c1-2-30-21-10-14(12-27-16-7-8-20(26)17(11-16)23(28)29)9-18(24)22(21)31-13-15-5-3-4-6-19(15)25/h3-11,27H,2,12-13H2,1H3,(H,28,29). The molecule has 0 aliphatic rings. The van der Waals surface area contributed by atoms with Crippen molar-refractivity contribution >= 4 is 50.8 Å². The van der Waals surface area contributed by atoms with Gasteiger partial charge in [-0.3, -0.25) is 0 Å². The number of halogens is 3. The molecule has 5 nitrogen and oxygen atoms in total. The first-order valence-electron chi connectivity index (χ1n) is 9.47. The van der Waals surface area contributed by atoms with Gasteiger partial charge in [0.05, 0.1) is 21.7 Å². The van der Waals surface area contributed by atoms with E-state index in [1.54, 1.807) is 12.1 Å². The molecule has 0 saturated carbocycles. The molecule has 0 aliphatic heterocycles. The summed E-state index contributed by atoms with van der Waals surface area (Å²) in [7, 11) is 0. The molecule has 3 aromatic rings. The van der Waals surface area contributed by atoms with Gasteiger partial charge >= 0.3 is 5.97 Å². The topological polar surface area (TPSA) is 67.8 Å². The molecule has 162 valence electrons. The van der Waals surface area contributed by atoms with Crippen molar-refractivity contribution in [3.8, 4) is 11.5 Å². The molecule has 0 fully saturated rings. The van der Waals surface area contributed by atoms with Crippen LogP contribution in [0.15, 0.2) is 59.1 Å². The van der Waals surface area contributed by atoms with E-state index in [4.69, 9.17) is 32.7 Å². The molecular weight excluding hydrogens is 505 g/mol. The van der Waals surface area contributed by atoms with E-state index in [9.17, 15) is 9.90 Å². The third-order valence-corrected chi connectivity index (χ3v) is 5.68. The highest BCUT2D eigenvalue weighted by molar-refractivity contribution is 9.10. The zero-order chi connectivity index (χ0) is 22.4. The second-order valence-electron chi connectivity index (χ2n) is 6.57. The second-order valence-corrected chi connectivity index (χ2v) is 8.24. The monoisotopic (exact) mass is 523 g/mol. The summed E-state index contributed by atoms with van der Waals surface area (Å²) in [6.45, 7) is 3.13. The summed E-state index contributed by atoms with van der Waals surface area (Å²) in [4.78, 5) is 11.3. The van der Waals surface area contributed by atoms with E-state index in [0.29, 0.717) is 42.0 Å². The minimum absolute atomic E-state index is 0.0474. The van der Waals surface area contributed by atoms with Gasteiger partial charge in [0.15, 0.2) is 11.5 Å². The van der Waals surface area contributed by atoms with E-state index in [2.05, 4.69) is 21.2 Å². The highest BCUT2D eigenvalue weighted by atomic mass is 79.9. The Kier molecular flexibility index (Phi) is 8.07. The van der Waals surface area contributed by atoms with Crippen molar-refractivity contribution in [2.45, 2.75) is 20.1 Å². The Morgan fingerprint density at radius 1 is 1.06 bits per heavy atom. The average molecular weight is 525 g/mol. The van der Waals surface area contributed by atoms with Gasteiger partial charge in [-0.05, 0) is 64.8 Å². The smallest absolute Gasteiger partial charge is 0.337 e. The number of carboxylic acid groups (broad SMARTS) is 1. The van der Waals surface area contributed by atoms with E-state index in [-0.39, 0.29) is 10.6 Å². The molecule has 0 atom stereocenters. The van der Waals surface area contributed by atoms with Crippen LogP contribution < -0.4 is 14.8 Å². The number of aromatic carboxylic acids is 1. The highest BCUT2D eigenvalue weighted by Gasteiger charge is 2.14. The molecule has 31 heavy (non-hydrogen) atoms. The van der Waals surface area contributed by atoms with Crippen LogP contribution in [-0.4, -0.2) is 17.7 Å². The third kappa shape index (κ3) is 6.06. The maximum Gasteiger partial charge on any atom is 0.337 e. The second kappa shape index (κ2) is 10.8. The van der Waals surface area contributed by atoms with Crippen LogP contribution in [0.1, 0.15) is 28.4 Å². The quantitative estimate of drug-likeness (QED) is 0.314. The van der Waals surface area contributed by atoms with Crippen LogP contribution in [0.2, 0.25) is 10.0 Å². The fourth-order valence-corrected chi connectivity index (χ4v) is 3.89. The number of anilines is 1. The summed E-state index contributed by atoms with van der Waals surface area (Å²) < 4.78 is 12.5. The first kappa shape index (κ1) is 23.3. The molecule has 0 aliphatic carbocycles. The summed E-state index contributed by atoms with van der Waals surface area (Å²) in [6.07, 6.45) is 0. The van der Waals surface area contributed by atoms with Gasteiger partial charge in [0, 0.05) is 22.8 Å². The maximum absolute atomic E-state index is 11.3.